The Balaban J connectivity index is 1.96. The minimum atomic E-state index is 0.639. The first kappa shape index (κ1) is 9.22. The van der Waals surface area contributed by atoms with Crippen molar-refractivity contribution in [3.63, 3.8) is 0 Å². The van der Waals surface area contributed by atoms with E-state index < -0.39 is 0 Å². The van der Waals surface area contributed by atoms with Crippen LogP contribution < -0.4 is 4.74 Å². The van der Waals surface area contributed by atoms with Crippen LogP contribution in [-0.4, -0.2) is 13.7 Å². The van der Waals surface area contributed by atoms with Crippen LogP contribution >= 0.6 is 0 Å². The van der Waals surface area contributed by atoms with E-state index in [0.29, 0.717) is 5.92 Å². The van der Waals surface area contributed by atoms with Crippen LogP contribution in [0.15, 0.2) is 18.2 Å². The highest BCUT2D eigenvalue weighted by Gasteiger charge is 2.35. The summed E-state index contributed by atoms with van der Waals surface area (Å²) < 4.78 is 10.9. The van der Waals surface area contributed by atoms with Crippen molar-refractivity contribution in [1.82, 2.24) is 0 Å². The summed E-state index contributed by atoms with van der Waals surface area (Å²) in [5.74, 6) is 2.45. The first-order chi connectivity index (χ1) is 7.38. The lowest BCUT2D eigenvalue weighted by atomic mass is 9.89. The molecule has 0 spiro atoms. The van der Waals surface area contributed by atoms with Gasteiger partial charge in [0.1, 0.15) is 5.75 Å². The number of hydrogen-bond donors (Lipinski definition) is 0. The summed E-state index contributed by atoms with van der Waals surface area (Å²) in [5.41, 5.74) is 2.81. The van der Waals surface area contributed by atoms with Crippen molar-refractivity contribution in [2.24, 2.45) is 5.92 Å². The molecular weight excluding hydrogens is 188 g/mol. The molecule has 0 amide bonds. The standard InChI is InChI=1S/C13H16O2/c1-14-11-4-5-12-10(6-11)7-15-8-13(12)9-2-3-9/h4-6,9,13H,2-3,7-8H2,1H3. The van der Waals surface area contributed by atoms with Crippen LogP contribution in [0.1, 0.15) is 29.9 Å². The van der Waals surface area contributed by atoms with Gasteiger partial charge >= 0.3 is 0 Å². The number of fused-ring (bicyclic) bond motifs is 1. The van der Waals surface area contributed by atoms with E-state index in [1.807, 2.05) is 0 Å². The van der Waals surface area contributed by atoms with Crippen molar-refractivity contribution < 1.29 is 9.47 Å². The van der Waals surface area contributed by atoms with Gasteiger partial charge in [-0.25, -0.2) is 0 Å². The molecule has 1 fully saturated rings. The summed E-state index contributed by atoms with van der Waals surface area (Å²) in [6.07, 6.45) is 2.75. The number of benzene rings is 1. The Morgan fingerprint density at radius 1 is 1.33 bits per heavy atom. The van der Waals surface area contributed by atoms with Gasteiger partial charge in [-0.1, -0.05) is 6.07 Å². The SMILES string of the molecule is COc1ccc2c(c1)COCC2C1CC1. The summed E-state index contributed by atoms with van der Waals surface area (Å²) >= 11 is 0. The summed E-state index contributed by atoms with van der Waals surface area (Å²) in [7, 11) is 1.71. The molecule has 0 bridgehead atoms. The van der Waals surface area contributed by atoms with E-state index in [1.165, 1.54) is 24.0 Å². The zero-order chi connectivity index (χ0) is 10.3. The van der Waals surface area contributed by atoms with Gasteiger partial charge in [-0.2, -0.15) is 0 Å². The highest BCUT2D eigenvalue weighted by molar-refractivity contribution is 5.39. The first-order valence-corrected chi connectivity index (χ1v) is 5.63. The lowest BCUT2D eigenvalue weighted by Crippen LogP contribution is -2.18. The summed E-state index contributed by atoms with van der Waals surface area (Å²) in [6.45, 7) is 1.65. The number of ether oxygens (including phenoxy) is 2. The maximum absolute atomic E-state index is 5.65. The lowest BCUT2D eigenvalue weighted by Gasteiger charge is -2.26. The molecule has 1 atom stereocenters. The van der Waals surface area contributed by atoms with Gasteiger partial charge in [-0.3, -0.25) is 0 Å². The molecule has 0 aromatic heterocycles. The fraction of sp³-hybridized carbons (Fsp3) is 0.538. The van der Waals surface area contributed by atoms with Crippen molar-refractivity contribution in [2.75, 3.05) is 13.7 Å². The molecule has 1 aliphatic carbocycles. The molecule has 2 nitrogen and oxygen atoms in total. The topological polar surface area (TPSA) is 18.5 Å². The fourth-order valence-electron chi connectivity index (χ4n) is 2.47. The van der Waals surface area contributed by atoms with Crippen LogP contribution in [0.5, 0.6) is 5.75 Å². The average molecular weight is 204 g/mol. The predicted molar refractivity (Wildman–Crippen MR) is 58.1 cm³/mol. The molecule has 2 aliphatic rings. The van der Waals surface area contributed by atoms with Crippen LogP contribution in [0.2, 0.25) is 0 Å². The Morgan fingerprint density at radius 3 is 2.93 bits per heavy atom. The van der Waals surface area contributed by atoms with Crippen molar-refractivity contribution in [3.8, 4) is 5.75 Å². The molecule has 15 heavy (non-hydrogen) atoms. The third-order valence-corrected chi connectivity index (χ3v) is 3.50. The normalized spacial score (nSPS) is 24.7. The minimum absolute atomic E-state index is 0.639. The molecule has 1 heterocycles. The zero-order valence-corrected chi connectivity index (χ0v) is 9.03. The van der Waals surface area contributed by atoms with Crippen molar-refractivity contribution in [2.45, 2.75) is 25.4 Å². The molecule has 80 valence electrons. The smallest absolute Gasteiger partial charge is 0.119 e. The second-order valence-electron chi connectivity index (χ2n) is 4.52. The number of rotatable bonds is 2. The Hall–Kier alpha value is -1.02. The predicted octanol–water partition coefficient (Wildman–Crippen LogP) is 2.72. The largest absolute Gasteiger partial charge is 0.497 e. The summed E-state index contributed by atoms with van der Waals surface area (Å²) in [4.78, 5) is 0. The number of methoxy groups -OCH3 is 1. The van der Waals surface area contributed by atoms with Crippen LogP contribution in [0.4, 0.5) is 0 Å². The van der Waals surface area contributed by atoms with Gasteiger partial charge in [0.25, 0.3) is 0 Å². The van der Waals surface area contributed by atoms with Crippen molar-refractivity contribution >= 4 is 0 Å². The van der Waals surface area contributed by atoms with E-state index in [0.717, 1.165) is 24.9 Å². The molecule has 1 aromatic rings. The van der Waals surface area contributed by atoms with Gasteiger partial charge in [-0.05, 0) is 42.0 Å². The number of hydrogen-bond acceptors (Lipinski definition) is 2. The van der Waals surface area contributed by atoms with Gasteiger partial charge in [-0.15, -0.1) is 0 Å². The van der Waals surface area contributed by atoms with E-state index in [9.17, 15) is 0 Å². The highest BCUT2D eigenvalue weighted by atomic mass is 16.5. The molecule has 0 saturated heterocycles. The Kier molecular flexibility index (Phi) is 2.17. The summed E-state index contributed by atoms with van der Waals surface area (Å²) in [5, 5.41) is 0. The lowest BCUT2D eigenvalue weighted by molar-refractivity contribution is 0.0853. The van der Waals surface area contributed by atoms with E-state index in [-0.39, 0.29) is 0 Å². The molecule has 1 aromatic carbocycles. The van der Waals surface area contributed by atoms with Gasteiger partial charge < -0.3 is 9.47 Å². The molecule has 0 radical (unpaired) electrons. The average Bonchev–Trinajstić information content (AvgIpc) is 3.11. The third-order valence-electron chi connectivity index (χ3n) is 3.50. The van der Waals surface area contributed by atoms with Crippen molar-refractivity contribution in [1.29, 1.82) is 0 Å². The Labute approximate surface area is 90.2 Å². The van der Waals surface area contributed by atoms with E-state index in [4.69, 9.17) is 9.47 Å². The highest BCUT2D eigenvalue weighted by Crippen LogP contribution is 2.45. The monoisotopic (exact) mass is 204 g/mol. The van der Waals surface area contributed by atoms with E-state index in [2.05, 4.69) is 18.2 Å². The second-order valence-corrected chi connectivity index (χ2v) is 4.52. The van der Waals surface area contributed by atoms with Gasteiger partial charge in [0.15, 0.2) is 0 Å². The summed E-state index contributed by atoms with van der Waals surface area (Å²) in [6, 6.07) is 6.41. The molecule has 0 N–H and O–H groups in total. The molecule has 2 heteroatoms. The van der Waals surface area contributed by atoms with Gasteiger partial charge in [0.2, 0.25) is 0 Å². The third kappa shape index (κ3) is 1.63. The molecule has 1 aliphatic heterocycles. The van der Waals surface area contributed by atoms with Crippen LogP contribution in [0.3, 0.4) is 0 Å². The second kappa shape index (κ2) is 3.53. The Morgan fingerprint density at radius 2 is 2.20 bits per heavy atom. The fourth-order valence-corrected chi connectivity index (χ4v) is 2.47. The first-order valence-electron chi connectivity index (χ1n) is 5.63. The van der Waals surface area contributed by atoms with Gasteiger partial charge in [0.05, 0.1) is 20.3 Å². The maximum atomic E-state index is 5.65. The molecule has 1 unspecified atom stereocenters. The molecule has 1 saturated carbocycles. The van der Waals surface area contributed by atoms with Crippen LogP contribution in [0.25, 0.3) is 0 Å². The van der Waals surface area contributed by atoms with Crippen molar-refractivity contribution in [3.05, 3.63) is 29.3 Å². The van der Waals surface area contributed by atoms with E-state index >= 15 is 0 Å². The quantitative estimate of drug-likeness (QED) is 0.737. The molecule has 3 rings (SSSR count). The zero-order valence-electron chi connectivity index (χ0n) is 9.03. The minimum Gasteiger partial charge on any atom is -0.497 e. The Bertz CT molecular complexity index is 369. The van der Waals surface area contributed by atoms with Crippen LogP contribution in [-0.2, 0) is 11.3 Å². The van der Waals surface area contributed by atoms with Gasteiger partial charge in [0, 0.05) is 5.92 Å². The molecular formula is C13H16O2. The maximum Gasteiger partial charge on any atom is 0.119 e. The van der Waals surface area contributed by atoms with E-state index in [1.54, 1.807) is 7.11 Å². The van der Waals surface area contributed by atoms with Crippen LogP contribution in [0, 0.1) is 5.92 Å².